The van der Waals surface area contributed by atoms with Crippen molar-refractivity contribution in [3.05, 3.63) is 0 Å². The van der Waals surface area contributed by atoms with Crippen LogP contribution in [-0.4, -0.2) is 46.5 Å². The van der Waals surface area contributed by atoms with Crippen molar-refractivity contribution in [1.82, 2.24) is 4.90 Å². The maximum absolute atomic E-state index is 9.43. The van der Waals surface area contributed by atoms with Gasteiger partial charge in [0.25, 0.3) is 0 Å². The summed E-state index contributed by atoms with van der Waals surface area (Å²) < 4.78 is 0. The molecule has 1 saturated carbocycles. The third-order valence-corrected chi connectivity index (χ3v) is 3.48. The van der Waals surface area contributed by atoms with Crippen LogP contribution in [0.25, 0.3) is 0 Å². The highest BCUT2D eigenvalue weighted by molar-refractivity contribution is 4.89. The van der Waals surface area contributed by atoms with Crippen molar-refractivity contribution in [2.24, 2.45) is 0 Å². The van der Waals surface area contributed by atoms with Gasteiger partial charge in [-0.15, -0.1) is 0 Å². The van der Waals surface area contributed by atoms with Crippen molar-refractivity contribution in [2.75, 3.05) is 13.2 Å². The smallest absolute Gasteiger partial charge is 0.0586 e. The average Bonchev–Trinajstić information content (AvgIpc) is 2.71. The summed E-state index contributed by atoms with van der Waals surface area (Å²) >= 11 is 0. The molecule has 1 saturated heterocycles. The lowest BCUT2D eigenvalue weighted by Crippen LogP contribution is -2.39. The van der Waals surface area contributed by atoms with Gasteiger partial charge in [0.15, 0.2) is 0 Å². The van der Waals surface area contributed by atoms with Crippen LogP contribution in [0.1, 0.15) is 32.1 Å². The number of aliphatic hydroxyl groups excluding tert-OH is 2. The summed E-state index contributed by atoms with van der Waals surface area (Å²) in [6.07, 6.45) is 5.21. The maximum atomic E-state index is 9.43. The number of hydrogen-bond donors (Lipinski definition) is 2. The Morgan fingerprint density at radius 3 is 2.69 bits per heavy atom. The van der Waals surface area contributed by atoms with Crippen molar-refractivity contribution in [2.45, 2.75) is 50.3 Å². The number of aliphatic hydroxyl groups is 2. The lowest BCUT2D eigenvalue weighted by Gasteiger charge is -2.29. The van der Waals surface area contributed by atoms with E-state index in [1.54, 1.807) is 0 Å². The minimum atomic E-state index is -0.0926. The molecule has 0 bridgehead atoms. The van der Waals surface area contributed by atoms with Crippen molar-refractivity contribution >= 4 is 0 Å². The van der Waals surface area contributed by atoms with Crippen LogP contribution in [0, 0.1) is 0 Å². The van der Waals surface area contributed by atoms with Gasteiger partial charge in [-0.25, -0.2) is 0 Å². The minimum absolute atomic E-state index is 0.0926. The second-order valence-electron chi connectivity index (χ2n) is 4.34. The normalized spacial score (nSPS) is 41.5. The van der Waals surface area contributed by atoms with Gasteiger partial charge >= 0.3 is 0 Å². The highest BCUT2D eigenvalue weighted by Gasteiger charge is 2.34. The predicted molar refractivity (Wildman–Crippen MR) is 50.5 cm³/mol. The molecular weight excluding hydrogens is 166 g/mol. The average molecular weight is 185 g/mol. The van der Waals surface area contributed by atoms with Crippen LogP contribution in [0.2, 0.25) is 0 Å². The monoisotopic (exact) mass is 185 g/mol. The SMILES string of the molecule is OCC1CCCN1C1CCC(O)C1. The summed E-state index contributed by atoms with van der Waals surface area (Å²) in [4.78, 5) is 2.40. The van der Waals surface area contributed by atoms with Crippen LogP contribution >= 0.6 is 0 Å². The van der Waals surface area contributed by atoms with Crippen LogP contribution in [0.15, 0.2) is 0 Å². The molecule has 2 rings (SSSR count). The van der Waals surface area contributed by atoms with Crippen LogP contribution in [0.5, 0.6) is 0 Å². The molecule has 0 amide bonds. The molecule has 0 spiro atoms. The molecule has 1 aliphatic carbocycles. The maximum Gasteiger partial charge on any atom is 0.0586 e. The van der Waals surface area contributed by atoms with E-state index in [-0.39, 0.29) is 12.7 Å². The van der Waals surface area contributed by atoms with Crippen molar-refractivity contribution in [1.29, 1.82) is 0 Å². The first-order valence-electron chi connectivity index (χ1n) is 5.36. The Balaban J connectivity index is 1.92. The first-order valence-corrected chi connectivity index (χ1v) is 5.36. The van der Waals surface area contributed by atoms with Gasteiger partial charge in [0.1, 0.15) is 0 Å². The Kier molecular flexibility index (Phi) is 2.86. The first-order chi connectivity index (χ1) is 6.31. The van der Waals surface area contributed by atoms with Gasteiger partial charge in [0.05, 0.1) is 12.7 Å². The summed E-state index contributed by atoms with van der Waals surface area (Å²) in [5.74, 6) is 0. The Morgan fingerprint density at radius 2 is 2.08 bits per heavy atom. The Bertz CT molecular complexity index is 174. The third-order valence-electron chi connectivity index (χ3n) is 3.48. The predicted octanol–water partition coefficient (Wildman–Crippen LogP) is 0.356. The van der Waals surface area contributed by atoms with E-state index in [0.29, 0.717) is 12.1 Å². The molecule has 3 atom stereocenters. The van der Waals surface area contributed by atoms with Crippen LogP contribution in [0.3, 0.4) is 0 Å². The molecule has 0 radical (unpaired) electrons. The topological polar surface area (TPSA) is 43.7 Å². The van der Waals surface area contributed by atoms with E-state index in [9.17, 15) is 5.11 Å². The molecule has 13 heavy (non-hydrogen) atoms. The van der Waals surface area contributed by atoms with E-state index in [1.165, 1.54) is 6.42 Å². The largest absolute Gasteiger partial charge is 0.395 e. The Hall–Kier alpha value is -0.120. The van der Waals surface area contributed by atoms with E-state index in [2.05, 4.69) is 4.90 Å². The second-order valence-corrected chi connectivity index (χ2v) is 4.34. The summed E-state index contributed by atoms with van der Waals surface area (Å²) in [6.45, 7) is 1.40. The number of nitrogens with zero attached hydrogens (tertiary/aromatic N) is 1. The minimum Gasteiger partial charge on any atom is -0.395 e. The standard InChI is InChI=1S/C10H19NO2/c12-7-9-2-1-5-11(9)8-3-4-10(13)6-8/h8-10,12-13H,1-7H2. The van der Waals surface area contributed by atoms with Gasteiger partial charge in [0, 0.05) is 12.1 Å². The fourth-order valence-corrected chi connectivity index (χ4v) is 2.77. The van der Waals surface area contributed by atoms with E-state index < -0.39 is 0 Å². The molecule has 1 aliphatic heterocycles. The number of rotatable bonds is 2. The highest BCUT2D eigenvalue weighted by atomic mass is 16.3. The van der Waals surface area contributed by atoms with Gasteiger partial charge < -0.3 is 10.2 Å². The summed E-state index contributed by atoms with van der Waals surface area (Å²) in [5, 5.41) is 18.6. The van der Waals surface area contributed by atoms with E-state index in [0.717, 1.165) is 32.2 Å². The second kappa shape index (κ2) is 3.95. The van der Waals surface area contributed by atoms with Crippen molar-refractivity contribution in [3.63, 3.8) is 0 Å². The lowest BCUT2D eigenvalue weighted by molar-refractivity contribution is 0.108. The molecule has 3 nitrogen and oxygen atoms in total. The van der Waals surface area contributed by atoms with Crippen LogP contribution in [-0.2, 0) is 0 Å². The van der Waals surface area contributed by atoms with E-state index in [1.807, 2.05) is 0 Å². The van der Waals surface area contributed by atoms with Crippen LogP contribution in [0.4, 0.5) is 0 Å². The molecule has 0 aromatic heterocycles. The fraction of sp³-hybridized carbons (Fsp3) is 1.00. The van der Waals surface area contributed by atoms with Crippen molar-refractivity contribution in [3.8, 4) is 0 Å². The zero-order valence-corrected chi connectivity index (χ0v) is 8.02. The summed E-state index contributed by atoms with van der Waals surface area (Å²) in [7, 11) is 0. The van der Waals surface area contributed by atoms with Crippen molar-refractivity contribution < 1.29 is 10.2 Å². The van der Waals surface area contributed by atoms with Gasteiger partial charge in [0.2, 0.25) is 0 Å². The van der Waals surface area contributed by atoms with Gasteiger partial charge in [-0.1, -0.05) is 0 Å². The zero-order valence-electron chi connectivity index (χ0n) is 8.02. The Labute approximate surface area is 79.4 Å². The quantitative estimate of drug-likeness (QED) is 0.652. The molecule has 1 heterocycles. The molecule has 2 fully saturated rings. The van der Waals surface area contributed by atoms with E-state index >= 15 is 0 Å². The molecule has 76 valence electrons. The molecular formula is C10H19NO2. The number of likely N-dealkylation sites (tertiary alicyclic amines) is 1. The highest BCUT2D eigenvalue weighted by Crippen LogP contribution is 2.29. The third kappa shape index (κ3) is 1.87. The van der Waals surface area contributed by atoms with E-state index in [4.69, 9.17) is 5.11 Å². The summed E-state index contributed by atoms with van der Waals surface area (Å²) in [6, 6.07) is 0.907. The molecule has 0 aromatic carbocycles. The van der Waals surface area contributed by atoms with Crippen LogP contribution < -0.4 is 0 Å². The molecule has 3 unspecified atom stereocenters. The van der Waals surface area contributed by atoms with Gasteiger partial charge in [-0.3, -0.25) is 4.90 Å². The zero-order chi connectivity index (χ0) is 9.26. The molecule has 2 aliphatic rings. The fourth-order valence-electron chi connectivity index (χ4n) is 2.77. The molecule has 2 N–H and O–H groups in total. The van der Waals surface area contributed by atoms with Gasteiger partial charge in [-0.2, -0.15) is 0 Å². The first kappa shape index (κ1) is 9.44. The van der Waals surface area contributed by atoms with Gasteiger partial charge in [-0.05, 0) is 38.6 Å². The molecule has 3 heteroatoms. The number of hydrogen-bond acceptors (Lipinski definition) is 3. The lowest BCUT2D eigenvalue weighted by atomic mass is 10.1. The molecule has 0 aromatic rings. The Morgan fingerprint density at radius 1 is 1.23 bits per heavy atom. The summed E-state index contributed by atoms with van der Waals surface area (Å²) in [5.41, 5.74) is 0.